The van der Waals surface area contributed by atoms with Crippen LogP contribution in [0.4, 0.5) is 5.82 Å². The average molecular weight is 219 g/mol. The van der Waals surface area contributed by atoms with Crippen molar-refractivity contribution in [2.24, 2.45) is 11.1 Å². The molecule has 2 rings (SSSR count). The molecule has 1 aliphatic carbocycles. The number of ketones is 1. The van der Waals surface area contributed by atoms with E-state index in [1.807, 2.05) is 6.07 Å². The smallest absolute Gasteiger partial charge is 0.144 e. The first-order chi connectivity index (χ1) is 7.68. The quantitative estimate of drug-likeness (QED) is 0.788. The van der Waals surface area contributed by atoms with Crippen LogP contribution in [0.25, 0.3) is 0 Å². The van der Waals surface area contributed by atoms with Crippen LogP contribution in [0.5, 0.6) is 0 Å². The van der Waals surface area contributed by atoms with E-state index in [4.69, 9.17) is 11.5 Å². The second kappa shape index (κ2) is 4.22. The van der Waals surface area contributed by atoms with Gasteiger partial charge in [0.2, 0.25) is 0 Å². The van der Waals surface area contributed by atoms with Crippen LogP contribution in [0.15, 0.2) is 18.3 Å². The summed E-state index contributed by atoms with van der Waals surface area (Å²) in [6.07, 6.45) is 4.93. The van der Waals surface area contributed by atoms with Crippen LogP contribution in [0.1, 0.15) is 24.8 Å². The van der Waals surface area contributed by atoms with Crippen LogP contribution < -0.4 is 11.5 Å². The Labute approximate surface area is 95.0 Å². The van der Waals surface area contributed by atoms with Gasteiger partial charge in [0.05, 0.1) is 0 Å². The largest absolute Gasteiger partial charge is 0.383 e. The highest BCUT2D eigenvalue weighted by Crippen LogP contribution is 2.41. The maximum Gasteiger partial charge on any atom is 0.144 e. The summed E-state index contributed by atoms with van der Waals surface area (Å²) in [4.78, 5) is 16.1. The van der Waals surface area contributed by atoms with E-state index in [1.54, 1.807) is 12.3 Å². The summed E-state index contributed by atoms with van der Waals surface area (Å²) in [5.41, 5.74) is 11.9. The number of rotatable bonds is 4. The molecule has 1 saturated carbocycles. The maximum atomic E-state index is 12.1. The first kappa shape index (κ1) is 11.1. The monoisotopic (exact) mass is 219 g/mol. The van der Waals surface area contributed by atoms with Crippen molar-refractivity contribution in [3.63, 3.8) is 0 Å². The van der Waals surface area contributed by atoms with Gasteiger partial charge in [-0.3, -0.25) is 4.79 Å². The summed E-state index contributed by atoms with van der Waals surface area (Å²) < 4.78 is 0. The van der Waals surface area contributed by atoms with Gasteiger partial charge in [-0.2, -0.15) is 0 Å². The van der Waals surface area contributed by atoms with Crippen LogP contribution in [0.2, 0.25) is 0 Å². The van der Waals surface area contributed by atoms with Crippen LogP contribution in [0.3, 0.4) is 0 Å². The Balaban J connectivity index is 2.10. The number of pyridine rings is 1. The Morgan fingerprint density at radius 1 is 1.50 bits per heavy atom. The van der Waals surface area contributed by atoms with Crippen molar-refractivity contribution in [1.29, 1.82) is 0 Å². The fraction of sp³-hybridized carbons (Fsp3) is 0.500. The third-order valence-corrected chi connectivity index (χ3v) is 3.57. The summed E-state index contributed by atoms with van der Waals surface area (Å²) in [7, 11) is 0. The molecule has 0 saturated heterocycles. The number of carbonyl (C=O) groups is 1. The molecular formula is C12H17N3O. The normalized spacial score (nSPS) is 17.8. The van der Waals surface area contributed by atoms with E-state index in [0.29, 0.717) is 18.8 Å². The molecular weight excluding hydrogens is 202 g/mol. The number of Topliss-reactive ketones (excluding diaryl/α,β-unsaturated/α-hetero) is 1. The Morgan fingerprint density at radius 2 is 2.25 bits per heavy atom. The second-order valence-electron chi connectivity index (χ2n) is 4.49. The van der Waals surface area contributed by atoms with Gasteiger partial charge in [-0.05, 0) is 18.9 Å². The van der Waals surface area contributed by atoms with E-state index in [0.717, 1.165) is 24.8 Å². The molecule has 4 N–H and O–H groups in total. The molecule has 0 bridgehead atoms. The van der Waals surface area contributed by atoms with Gasteiger partial charge in [-0.1, -0.05) is 12.5 Å². The van der Waals surface area contributed by atoms with Crippen molar-refractivity contribution < 1.29 is 4.79 Å². The van der Waals surface area contributed by atoms with Gasteiger partial charge >= 0.3 is 0 Å². The van der Waals surface area contributed by atoms with E-state index < -0.39 is 0 Å². The Hall–Kier alpha value is -1.42. The van der Waals surface area contributed by atoms with Crippen molar-refractivity contribution in [2.75, 3.05) is 12.3 Å². The fourth-order valence-electron chi connectivity index (χ4n) is 2.16. The number of hydrogen-bond donors (Lipinski definition) is 2. The minimum atomic E-state index is -0.276. The molecule has 1 fully saturated rings. The standard InChI is InChI=1S/C12H17N3O/c13-8-12(4-2-5-12)10(16)7-9-3-1-6-15-11(9)14/h1,3,6H,2,4-5,7-8,13H2,(H2,14,15). The Kier molecular flexibility index (Phi) is 2.92. The highest BCUT2D eigenvalue weighted by atomic mass is 16.1. The zero-order valence-electron chi connectivity index (χ0n) is 9.28. The zero-order valence-corrected chi connectivity index (χ0v) is 9.28. The van der Waals surface area contributed by atoms with Gasteiger partial charge in [-0.25, -0.2) is 4.98 Å². The van der Waals surface area contributed by atoms with Crippen molar-refractivity contribution >= 4 is 11.6 Å². The molecule has 0 radical (unpaired) electrons. The minimum absolute atomic E-state index is 0.209. The lowest BCUT2D eigenvalue weighted by molar-refractivity contribution is -0.132. The molecule has 0 spiro atoms. The van der Waals surface area contributed by atoms with Crippen LogP contribution in [0, 0.1) is 5.41 Å². The maximum absolute atomic E-state index is 12.1. The topological polar surface area (TPSA) is 82.0 Å². The van der Waals surface area contributed by atoms with Gasteiger partial charge < -0.3 is 11.5 Å². The SMILES string of the molecule is NCC1(C(=O)Cc2cccnc2N)CCC1. The third-order valence-electron chi connectivity index (χ3n) is 3.57. The van der Waals surface area contributed by atoms with E-state index in [9.17, 15) is 4.79 Å². The van der Waals surface area contributed by atoms with Gasteiger partial charge in [0.15, 0.2) is 0 Å². The molecule has 1 aliphatic rings. The lowest BCUT2D eigenvalue weighted by Gasteiger charge is -2.39. The van der Waals surface area contributed by atoms with Crippen molar-refractivity contribution in [1.82, 2.24) is 4.98 Å². The number of anilines is 1. The highest BCUT2D eigenvalue weighted by Gasteiger charge is 2.42. The molecule has 0 atom stereocenters. The van der Waals surface area contributed by atoms with Crippen LogP contribution >= 0.6 is 0 Å². The van der Waals surface area contributed by atoms with E-state index in [-0.39, 0.29) is 11.2 Å². The first-order valence-electron chi connectivity index (χ1n) is 5.61. The number of nitrogen functional groups attached to an aromatic ring is 1. The minimum Gasteiger partial charge on any atom is -0.383 e. The fourth-order valence-corrected chi connectivity index (χ4v) is 2.16. The van der Waals surface area contributed by atoms with Crippen LogP contribution in [-0.4, -0.2) is 17.3 Å². The van der Waals surface area contributed by atoms with Crippen molar-refractivity contribution in [3.05, 3.63) is 23.9 Å². The van der Waals surface area contributed by atoms with Gasteiger partial charge in [0, 0.05) is 30.1 Å². The molecule has 0 unspecified atom stereocenters. The summed E-state index contributed by atoms with van der Waals surface area (Å²) in [6.45, 7) is 0.450. The molecule has 4 nitrogen and oxygen atoms in total. The van der Waals surface area contributed by atoms with Crippen molar-refractivity contribution in [3.8, 4) is 0 Å². The molecule has 0 aromatic carbocycles. The number of nitrogens with two attached hydrogens (primary N) is 2. The molecule has 16 heavy (non-hydrogen) atoms. The van der Waals surface area contributed by atoms with Crippen molar-refractivity contribution in [2.45, 2.75) is 25.7 Å². The van der Waals surface area contributed by atoms with Gasteiger partial charge in [0.1, 0.15) is 11.6 Å². The highest BCUT2D eigenvalue weighted by molar-refractivity contribution is 5.88. The summed E-state index contributed by atoms with van der Waals surface area (Å²) in [5.74, 6) is 0.656. The number of nitrogens with zero attached hydrogens (tertiary/aromatic N) is 1. The Morgan fingerprint density at radius 3 is 2.75 bits per heavy atom. The molecule has 86 valence electrons. The third kappa shape index (κ3) is 1.80. The lowest BCUT2D eigenvalue weighted by atomic mass is 9.65. The van der Waals surface area contributed by atoms with E-state index >= 15 is 0 Å². The number of carbonyl (C=O) groups excluding carboxylic acids is 1. The summed E-state index contributed by atoms with van der Waals surface area (Å²) >= 11 is 0. The number of hydrogen-bond acceptors (Lipinski definition) is 4. The van der Waals surface area contributed by atoms with E-state index in [1.165, 1.54) is 0 Å². The molecule has 0 amide bonds. The molecule has 0 aliphatic heterocycles. The molecule has 4 heteroatoms. The molecule has 1 aromatic rings. The Bertz CT molecular complexity index is 393. The van der Waals surface area contributed by atoms with E-state index in [2.05, 4.69) is 4.98 Å². The summed E-state index contributed by atoms with van der Waals surface area (Å²) in [5, 5.41) is 0. The zero-order chi connectivity index (χ0) is 11.6. The second-order valence-corrected chi connectivity index (χ2v) is 4.49. The van der Waals surface area contributed by atoms with Gasteiger partial charge in [0.25, 0.3) is 0 Å². The average Bonchev–Trinajstić information content (AvgIpc) is 2.21. The predicted molar refractivity (Wildman–Crippen MR) is 62.7 cm³/mol. The predicted octanol–water partition coefficient (Wildman–Crippen LogP) is 0.904. The number of aromatic nitrogens is 1. The summed E-state index contributed by atoms with van der Waals surface area (Å²) in [6, 6.07) is 3.65. The lowest BCUT2D eigenvalue weighted by Crippen LogP contribution is -2.45. The first-order valence-corrected chi connectivity index (χ1v) is 5.61. The molecule has 1 aromatic heterocycles. The molecule has 1 heterocycles. The van der Waals surface area contributed by atoms with Gasteiger partial charge in [-0.15, -0.1) is 0 Å². The van der Waals surface area contributed by atoms with Crippen LogP contribution in [-0.2, 0) is 11.2 Å².